The molecule has 1 aliphatic rings. The molecule has 5 rings (SSSR count). The van der Waals surface area contributed by atoms with Gasteiger partial charge in [-0.15, -0.1) is 4.40 Å². The first-order valence-electron chi connectivity index (χ1n) is 13.1. The number of aromatic carboxylic acids is 1. The van der Waals surface area contributed by atoms with Gasteiger partial charge in [0.2, 0.25) is 5.96 Å². The van der Waals surface area contributed by atoms with E-state index < -0.39 is 38.6 Å². The van der Waals surface area contributed by atoms with Crippen LogP contribution in [-0.4, -0.2) is 42.7 Å². The minimum Gasteiger partial charge on any atom is -0.489 e. The summed E-state index contributed by atoms with van der Waals surface area (Å²) in [5.74, 6) is -1.35. The van der Waals surface area contributed by atoms with Crippen molar-refractivity contribution in [3.63, 3.8) is 0 Å². The third-order valence-corrected chi connectivity index (χ3v) is 8.06. The zero-order chi connectivity index (χ0) is 31.5. The Morgan fingerprint density at radius 1 is 0.977 bits per heavy atom. The largest absolute Gasteiger partial charge is 0.489 e. The summed E-state index contributed by atoms with van der Waals surface area (Å²) in [6, 6.07) is 26.0. The quantitative estimate of drug-likeness (QED) is 0.196. The zero-order valence-corrected chi connectivity index (χ0v) is 23.7. The number of alkyl halides is 3. The van der Waals surface area contributed by atoms with E-state index in [4.69, 9.17) is 10.5 Å². The predicted octanol–water partition coefficient (Wildman–Crippen LogP) is 5.49. The standard InChI is InChI=1S/C31H25F3N4O5S/c32-31(33,34)24-10-5-11-26(17-24)44(41,42)37-30(35)38-18-27(21-7-2-1-3-8-21)28(36-38)22-12-14-25(15-13-22)43-19-20-6-4-9-23(16-20)29(39)40/h1-17,27H,18-19H2,(H2,35,37)(H,39,40). The highest BCUT2D eigenvalue weighted by molar-refractivity contribution is 7.90. The van der Waals surface area contributed by atoms with Gasteiger partial charge in [-0.1, -0.05) is 48.5 Å². The molecule has 0 saturated carbocycles. The lowest BCUT2D eigenvalue weighted by molar-refractivity contribution is -0.137. The summed E-state index contributed by atoms with van der Waals surface area (Å²) in [6.45, 7) is 0.278. The number of benzene rings is 4. The molecule has 0 aromatic heterocycles. The Morgan fingerprint density at radius 2 is 1.68 bits per heavy atom. The number of ether oxygens (including phenoxy) is 1. The molecule has 1 unspecified atom stereocenters. The Balaban J connectivity index is 1.40. The number of guanidine groups is 1. The van der Waals surface area contributed by atoms with Crippen LogP contribution in [-0.2, 0) is 22.8 Å². The van der Waals surface area contributed by atoms with Gasteiger partial charge in [-0.2, -0.15) is 26.7 Å². The van der Waals surface area contributed by atoms with Crippen molar-refractivity contribution in [3.05, 3.63) is 131 Å². The number of carbonyl (C=O) groups is 1. The van der Waals surface area contributed by atoms with Crippen LogP contribution in [0.4, 0.5) is 13.2 Å². The highest BCUT2D eigenvalue weighted by Crippen LogP contribution is 2.32. The van der Waals surface area contributed by atoms with Crippen LogP contribution < -0.4 is 10.5 Å². The molecule has 0 radical (unpaired) electrons. The second kappa shape index (κ2) is 12.2. The van der Waals surface area contributed by atoms with Crippen molar-refractivity contribution in [1.29, 1.82) is 0 Å². The normalized spacial score (nSPS) is 15.6. The van der Waals surface area contributed by atoms with Crippen molar-refractivity contribution < 1.29 is 36.2 Å². The Labute approximate surface area is 250 Å². The van der Waals surface area contributed by atoms with E-state index in [1.165, 1.54) is 17.1 Å². The van der Waals surface area contributed by atoms with E-state index >= 15 is 0 Å². The van der Waals surface area contributed by atoms with E-state index in [0.29, 0.717) is 28.7 Å². The molecule has 0 aliphatic carbocycles. The number of hydrogen-bond donors (Lipinski definition) is 2. The van der Waals surface area contributed by atoms with Crippen LogP contribution in [0.2, 0.25) is 0 Å². The molecule has 0 spiro atoms. The summed E-state index contributed by atoms with van der Waals surface area (Å²) in [7, 11) is -4.58. The maximum absolute atomic E-state index is 13.2. The van der Waals surface area contributed by atoms with Gasteiger partial charge in [-0.3, -0.25) is 0 Å². The Kier molecular flexibility index (Phi) is 8.41. The maximum Gasteiger partial charge on any atom is 0.416 e. The highest BCUT2D eigenvalue weighted by atomic mass is 32.2. The molecule has 0 fully saturated rings. The van der Waals surface area contributed by atoms with Crippen LogP contribution in [0, 0.1) is 0 Å². The van der Waals surface area contributed by atoms with Crippen molar-refractivity contribution in [2.45, 2.75) is 23.6 Å². The van der Waals surface area contributed by atoms with E-state index in [-0.39, 0.29) is 24.6 Å². The Hall–Kier alpha value is -5.17. The number of hydrogen-bond acceptors (Lipinski definition) is 5. The molecule has 0 saturated heterocycles. The summed E-state index contributed by atoms with van der Waals surface area (Å²) in [6.07, 6.45) is -4.73. The molecule has 9 nitrogen and oxygen atoms in total. The Morgan fingerprint density at radius 3 is 2.36 bits per heavy atom. The van der Waals surface area contributed by atoms with Gasteiger partial charge in [0.15, 0.2) is 0 Å². The van der Waals surface area contributed by atoms with Crippen LogP contribution in [0.5, 0.6) is 5.75 Å². The van der Waals surface area contributed by atoms with Crippen molar-refractivity contribution in [1.82, 2.24) is 5.01 Å². The molecule has 1 aliphatic heterocycles. The van der Waals surface area contributed by atoms with E-state index in [0.717, 1.165) is 23.8 Å². The smallest absolute Gasteiger partial charge is 0.416 e. The number of nitrogens with two attached hydrogens (primary N) is 1. The van der Waals surface area contributed by atoms with Gasteiger partial charge in [0.05, 0.1) is 28.3 Å². The number of halogens is 3. The van der Waals surface area contributed by atoms with Gasteiger partial charge in [-0.05, 0) is 71.3 Å². The number of carboxylic acid groups (broad SMARTS) is 1. The number of hydrazone groups is 1. The molecular formula is C31H25F3N4O5S. The Bertz CT molecular complexity index is 1840. The molecule has 13 heteroatoms. The molecule has 0 amide bonds. The van der Waals surface area contributed by atoms with Gasteiger partial charge in [0.1, 0.15) is 12.4 Å². The SMILES string of the molecule is N/C(=N\S(=O)(=O)c1cccc(C(F)(F)F)c1)N1CC(c2ccccc2)C(c2ccc(OCc3cccc(C(=O)O)c3)cc2)=N1. The lowest BCUT2D eigenvalue weighted by atomic mass is 9.90. The first kappa shape index (κ1) is 30.3. The van der Waals surface area contributed by atoms with E-state index in [1.807, 2.05) is 30.3 Å². The fourth-order valence-electron chi connectivity index (χ4n) is 4.59. The molecule has 226 valence electrons. The summed E-state index contributed by atoms with van der Waals surface area (Å²) in [5.41, 5.74) is 7.91. The fraction of sp³-hybridized carbons (Fsp3) is 0.129. The van der Waals surface area contributed by atoms with Crippen LogP contribution in [0.15, 0.2) is 118 Å². The molecular weight excluding hydrogens is 597 g/mol. The van der Waals surface area contributed by atoms with E-state index in [1.54, 1.807) is 36.4 Å². The second-order valence-electron chi connectivity index (χ2n) is 9.80. The molecule has 4 aromatic carbocycles. The third-order valence-electron chi connectivity index (χ3n) is 6.78. The predicted molar refractivity (Wildman–Crippen MR) is 157 cm³/mol. The lowest BCUT2D eigenvalue weighted by Gasteiger charge is -2.16. The summed E-state index contributed by atoms with van der Waals surface area (Å²) in [4.78, 5) is 10.6. The van der Waals surface area contributed by atoms with Crippen LogP contribution in [0.25, 0.3) is 0 Å². The molecule has 3 N–H and O–H groups in total. The fourth-order valence-corrected chi connectivity index (χ4v) is 5.56. The summed E-state index contributed by atoms with van der Waals surface area (Å²) < 4.78 is 74.6. The van der Waals surface area contributed by atoms with Crippen molar-refractivity contribution in [3.8, 4) is 5.75 Å². The van der Waals surface area contributed by atoms with E-state index in [2.05, 4.69) is 9.50 Å². The van der Waals surface area contributed by atoms with Gasteiger partial charge in [-0.25, -0.2) is 9.80 Å². The number of sulfonamides is 1. The topological polar surface area (TPSA) is 135 Å². The number of carboxylic acids is 1. The zero-order valence-electron chi connectivity index (χ0n) is 22.8. The summed E-state index contributed by atoms with van der Waals surface area (Å²) in [5, 5.41) is 15.0. The molecule has 0 bridgehead atoms. The lowest BCUT2D eigenvalue weighted by Crippen LogP contribution is -2.33. The molecule has 4 aromatic rings. The first-order valence-corrected chi connectivity index (χ1v) is 14.6. The highest BCUT2D eigenvalue weighted by Gasteiger charge is 2.33. The minimum absolute atomic E-state index is 0.130. The average Bonchev–Trinajstić information content (AvgIpc) is 3.46. The van der Waals surface area contributed by atoms with E-state index in [9.17, 15) is 31.5 Å². The van der Waals surface area contributed by atoms with Crippen molar-refractivity contribution in [2.75, 3.05) is 6.54 Å². The first-order chi connectivity index (χ1) is 20.9. The van der Waals surface area contributed by atoms with Gasteiger partial charge in [0, 0.05) is 5.92 Å². The average molecular weight is 623 g/mol. The van der Waals surface area contributed by atoms with Crippen LogP contribution in [0.1, 0.15) is 38.5 Å². The molecule has 1 heterocycles. The molecule has 44 heavy (non-hydrogen) atoms. The van der Waals surface area contributed by atoms with Gasteiger partial charge < -0.3 is 15.6 Å². The third kappa shape index (κ3) is 6.89. The minimum atomic E-state index is -4.73. The molecule has 1 atom stereocenters. The van der Waals surface area contributed by atoms with Gasteiger partial charge >= 0.3 is 12.1 Å². The van der Waals surface area contributed by atoms with Crippen LogP contribution >= 0.6 is 0 Å². The number of nitrogens with zero attached hydrogens (tertiary/aromatic N) is 3. The van der Waals surface area contributed by atoms with Crippen molar-refractivity contribution in [2.24, 2.45) is 15.2 Å². The van der Waals surface area contributed by atoms with Crippen LogP contribution in [0.3, 0.4) is 0 Å². The van der Waals surface area contributed by atoms with Gasteiger partial charge in [0.25, 0.3) is 10.0 Å². The monoisotopic (exact) mass is 622 g/mol. The van der Waals surface area contributed by atoms with Crippen molar-refractivity contribution >= 4 is 27.7 Å². The number of rotatable bonds is 8. The second-order valence-corrected chi connectivity index (χ2v) is 11.4. The summed E-state index contributed by atoms with van der Waals surface area (Å²) >= 11 is 0. The maximum atomic E-state index is 13.2.